The Morgan fingerprint density at radius 1 is 1.24 bits per heavy atom. The van der Waals surface area contributed by atoms with Crippen LogP contribution in [-0.2, 0) is 4.18 Å². The molecule has 1 aliphatic rings. The van der Waals surface area contributed by atoms with Gasteiger partial charge in [0.1, 0.15) is 5.75 Å². The lowest BCUT2D eigenvalue weighted by Gasteiger charge is -2.15. The standard InChI is InChI=1S/C17H23N5O2S/c1-23-13-6-3-11(4-7-13)20-16-15(18)10-19-17(22-16)21-12-5-8-14(9-12)24-25-2/h3-4,6-7,10,12,14H,5,8-9,18H2,1-2H3,(H2,19,20,21,22). The van der Waals surface area contributed by atoms with Gasteiger partial charge in [-0.25, -0.2) is 4.98 Å². The molecule has 1 aromatic heterocycles. The molecule has 3 rings (SSSR count). The number of rotatable bonds is 7. The van der Waals surface area contributed by atoms with Gasteiger partial charge < -0.3 is 25.3 Å². The van der Waals surface area contributed by atoms with Gasteiger partial charge in [0.05, 0.1) is 25.1 Å². The summed E-state index contributed by atoms with van der Waals surface area (Å²) in [6.45, 7) is 0. The maximum absolute atomic E-state index is 6.00. The topological polar surface area (TPSA) is 94.3 Å². The summed E-state index contributed by atoms with van der Waals surface area (Å²) in [6.07, 6.45) is 6.89. The fourth-order valence-electron chi connectivity index (χ4n) is 2.85. The number of nitrogens with one attached hydrogen (secondary N) is 2. The third-order valence-electron chi connectivity index (χ3n) is 4.12. The largest absolute Gasteiger partial charge is 0.497 e. The van der Waals surface area contributed by atoms with Crippen molar-refractivity contribution in [2.24, 2.45) is 0 Å². The normalized spacial score (nSPS) is 19.6. The maximum atomic E-state index is 6.00. The third-order valence-corrected chi connectivity index (χ3v) is 4.58. The van der Waals surface area contributed by atoms with E-state index in [0.29, 0.717) is 23.5 Å². The number of nitrogen functional groups attached to an aromatic ring is 1. The highest BCUT2D eigenvalue weighted by Crippen LogP contribution is 2.28. The summed E-state index contributed by atoms with van der Waals surface area (Å²) in [4.78, 5) is 8.80. The predicted molar refractivity (Wildman–Crippen MR) is 102 cm³/mol. The SMILES string of the molecule is COc1ccc(Nc2nc(NC3CCC(OSC)C3)ncc2N)cc1. The number of nitrogens with two attached hydrogens (primary N) is 1. The molecule has 1 heterocycles. The molecule has 0 bridgehead atoms. The van der Waals surface area contributed by atoms with Gasteiger partial charge >= 0.3 is 0 Å². The minimum atomic E-state index is 0.290. The zero-order chi connectivity index (χ0) is 17.6. The quantitative estimate of drug-likeness (QED) is 0.646. The van der Waals surface area contributed by atoms with E-state index in [4.69, 9.17) is 14.7 Å². The molecule has 25 heavy (non-hydrogen) atoms. The van der Waals surface area contributed by atoms with Crippen molar-refractivity contribution in [2.75, 3.05) is 29.7 Å². The molecular formula is C17H23N5O2S. The Bertz CT molecular complexity index is 698. The van der Waals surface area contributed by atoms with E-state index in [-0.39, 0.29) is 6.10 Å². The summed E-state index contributed by atoms with van der Waals surface area (Å²) >= 11 is 1.42. The van der Waals surface area contributed by atoms with Crippen LogP contribution in [0, 0.1) is 0 Å². The van der Waals surface area contributed by atoms with Gasteiger partial charge in [-0.05, 0) is 55.6 Å². The number of hydrogen-bond acceptors (Lipinski definition) is 8. The highest BCUT2D eigenvalue weighted by atomic mass is 32.2. The number of methoxy groups -OCH3 is 1. The first kappa shape index (κ1) is 17.6. The highest BCUT2D eigenvalue weighted by Gasteiger charge is 2.26. The first-order valence-electron chi connectivity index (χ1n) is 8.17. The zero-order valence-corrected chi connectivity index (χ0v) is 15.2. The van der Waals surface area contributed by atoms with Crippen molar-refractivity contribution in [1.82, 2.24) is 9.97 Å². The zero-order valence-electron chi connectivity index (χ0n) is 14.4. The molecule has 1 fully saturated rings. The number of benzene rings is 1. The van der Waals surface area contributed by atoms with Crippen LogP contribution in [0.15, 0.2) is 30.5 Å². The van der Waals surface area contributed by atoms with Gasteiger partial charge in [-0.3, -0.25) is 0 Å². The van der Waals surface area contributed by atoms with E-state index in [1.807, 2.05) is 30.5 Å². The summed E-state index contributed by atoms with van der Waals surface area (Å²) in [5, 5.41) is 6.59. The van der Waals surface area contributed by atoms with Crippen molar-refractivity contribution in [3.8, 4) is 5.75 Å². The van der Waals surface area contributed by atoms with Crippen molar-refractivity contribution in [3.05, 3.63) is 30.5 Å². The fourth-order valence-corrected chi connectivity index (χ4v) is 3.30. The second kappa shape index (κ2) is 8.26. The monoisotopic (exact) mass is 361 g/mol. The van der Waals surface area contributed by atoms with Gasteiger partial charge in [0.15, 0.2) is 5.82 Å². The van der Waals surface area contributed by atoms with E-state index >= 15 is 0 Å². The molecule has 2 atom stereocenters. The lowest BCUT2D eigenvalue weighted by atomic mass is 10.2. The second-order valence-electron chi connectivity index (χ2n) is 5.89. The molecule has 2 unspecified atom stereocenters. The molecule has 2 aromatic rings. The molecule has 7 nitrogen and oxygen atoms in total. The van der Waals surface area contributed by atoms with Gasteiger partial charge in [-0.15, -0.1) is 0 Å². The van der Waals surface area contributed by atoms with Crippen LogP contribution in [0.2, 0.25) is 0 Å². The molecule has 8 heteroatoms. The summed E-state index contributed by atoms with van der Waals surface area (Å²) < 4.78 is 10.8. The van der Waals surface area contributed by atoms with E-state index in [1.165, 1.54) is 12.0 Å². The van der Waals surface area contributed by atoms with Crippen molar-refractivity contribution in [2.45, 2.75) is 31.4 Å². The second-order valence-corrected chi connectivity index (χ2v) is 6.42. The van der Waals surface area contributed by atoms with Crippen LogP contribution in [0.3, 0.4) is 0 Å². The van der Waals surface area contributed by atoms with Gasteiger partial charge in [0.25, 0.3) is 0 Å². The van der Waals surface area contributed by atoms with E-state index in [1.54, 1.807) is 13.3 Å². The Morgan fingerprint density at radius 3 is 2.76 bits per heavy atom. The minimum absolute atomic E-state index is 0.290. The Morgan fingerprint density at radius 2 is 2.04 bits per heavy atom. The van der Waals surface area contributed by atoms with Crippen LogP contribution in [0.25, 0.3) is 0 Å². The van der Waals surface area contributed by atoms with E-state index < -0.39 is 0 Å². The molecule has 1 saturated carbocycles. The molecule has 1 aromatic carbocycles. The Kier molecular flexibility index (Phi) is 5.83. The smallest absolute Gasteiger partial charge is 0.224 e. The van der Waals surface area contributed by atoms with Crippen molar-refractivity contribution in [1.29, 1.82) is 0 Å². The summed E-state index contributed by atoms with van der Waals surface area (Å²) in [6, 6.07) is 7.89. The lowest BCUT2D eigenvalue weighted by molar-refractivity contribution is 0.251. The van der Waals surface area contributed by atoms with Crippen LogP contribution >= 0.6 is 12.0 Å². The Balaban J connectivity index is 1.65. The number of anilines is 4. The molecule has 1 aliphatic carbocycles. The van der Waals surface area contributed by atoms with Gasteiger partial charge in [0, 0.05) is 18.0 Å². The van der Waals surface area contributed by atoms with Crippen molar-refractivity contribution >= 4 is 35.2 Å². The number of nitrogens with zero attached hydrogens (tertiary/aromatic N) is 2. The van der Waals surface area contributed by atoms with Crippen molar-refractivity contribution in [3.63, 3.8) is 0 Å². The van der Waals surface area contributed by atoms with Crippen LogP contribution in [-0.4, -0.2) is 35.5 Å². The fraction of sp³-hybridized carbons (Fsp3) is 0.412. The predicted octanol–water partition coefficient (Wildman–Crippen LogP) is 3.44. The molecule has 134 valence electrons. The number of ether oxygens (including phenoxy) is 1. The molecule has 4 N–H and O–H groups in total. The summed E-state index contributed by atoms with van der Waals surface area (Å²) in [5.74, 6) is 1.95. The van der Waals surface area contributed by atoms with Crippen molar-refractivity contribution < 1.29 is 8.92 Å². The van der Waals surface area contributed by atoms with Crippen LogP contribution < -0.4 is 21.1 Å². The number of aromatic nitrogens is 2. The van der Waals surface area contributed by atoms with Crippen LogP contribution in [0.5, 0.6) is 5.75 Å². The van der Waals surface area contributed by atoms with E-state index in [9.17, 15) is 0 Å². The first-order valence-corrected chi connectivity index (χ1v) is 9.32. The summed E-state index contributed by atoms with van der Waals surface area (Å²) in [7, 11) is 1.64. The third kappa shape index (κ3) is 4.67. The molecule has 0 radical (unpaired) electrons. The van der Waals surface area contributed by atoms with Crippen LogP contribution in [0.4, 0.5) is 23.1 Å². The van der Waals surface area contributed by atoms with E-state index in [0.717, 1.165) is 30.7 Å². The first-order chi connectivity index (χ1) is 12.2. The lowest BCUT2D eigenvalue weighted by Crippen LogP contribution is -2.19. The minimum Gasteiger partial charge on any atom is -0.497 e. The molecule has 0 amide bonds. The Labute approximate surface area is 151 Å². The average molecular weight is 361 g/mol. The molecule has 0 spiro atoms. The average Bonchev–Trinajstić information content (AvgIpc) is 3.06. The van der Waals surface area contributed by atoms with Gasteiger partial charge in [-0.1, -0.05) is 0 Å². The summed E-state index contributed by atoms with van der Waals surface area (Å²) in [5.41, 5.74) is 7.38. The maximum Gasteiger partial charge on any atom is 0.224 e. The van der Waals surface area contributed by atoms with Gasteiger partial charge in [0.2, 0.25) is 5.95 Å². The Hall–Kier alpha value is -2.19. The highest BCUT2D eigenvalue weighted by molar-refractivity contribution is 7.93. The molecular weight excluding hydrogens is 338 g/mol. The van der Waals surface area contributed by atoms with Gasteiger partial charge in [-0.2, -0.15) is 4.98 Å². The van der Waals surface area contributed by atoms with E-state index in [2.05, 4.69) is 20.6 Å². The molecule has 0 saturated heterocycles. The molecule has 0 aliphatic heterocycles. The van der Waals surface area contributed by atoms with Crippen LogP contribution in [0.1, 0.15) is 19.3 Å². The number of hydrogen-bond donors (Lipinski definition) is 3.